The number of halogens is 1. The predicted molar refractivity (Wildman–Crippen MR) is 77.6 cm³/mol. The van der Waals surface area contributed by atoms with E-state index in [4.69, 9.17) is 16.3 Å². The number of hydrogen-bond acceptors (Lipinski definition) is 3. The van der Waals surface area contributed by atoms with Crippen LogP contribution < -0.4 is 5.32 Å². The molecule has 2 heterocycles. The molecule has 3 atom stereocenters. The van der Waals surface area contributed by atoms with E-state index >= 15 is 0 Å². The Morgan fingerprint density at radius 1 is 1.40 bits per heavy atom. The van der Waals surface area contributed by atoms with Crippen molar-refractivity contribution in [2.24, 2.45) is 5.92 Å². The largest absolute Gasteiger partial charge is 0.371 e. The molecule has 0 unspecified atom stereocenters. The topological polar surface area (TPSA) is 41.6 Å². The number of fused-ring (bicyclic) bond motifs is 2. The van der Waals surface area contributed by atoms with Gasteiger partial charge in [0.05, 0.1) is 18.1 Å². The van der Waals surface area contributed by atoms with Gasteiger partial charge in [0.25, 0.3) is 0 Å². The van der Waals surface area contributed by atoms with Crippen LogP contribution in [0, 0.1) is 5.92 Å². The summed E-state index contributed by atoms with van der Waals surface area (Å²) in [6.45, 7) is 2.60. The van der Waals surface area contributed by atoms with Crippen molar-refractivity contribution in [3.05, 3.63) is 34.9 Å². The highest BCUT2D eigenvalue weighted by atomic mass is 35.5. The van der Waals surface area contributed by atoms with Gasteiger partial charge in [-0.3, -0.25) is 9.69 Å². The van der Waals surface area contributed by atoms with E-state index in [9.17, 15) is 4.79 Å². The van der Waals surface area contributed by atoms with Gasteiger partial charge in [0.15, 0.2) is 0 Å². The minimum Gasteiger partial charge on any atom is -0.371 e. The van der Waals surface area contributed by atoms with Crippen LogP contribution in [0.15, 0.2) is 24.3 Å². The first-order valence-corrected chi connectivity index (χ1v) is 7.37. The fraction of sp³-hybridized carbons (Fsp3) is 0.533. The van der Waals surface area contributed by atoms with Gasteiger partial charge in [-0.1, -0.05) is 23.7 Å². The first kappa shape index (κ1) is 13.9. The number of nitrogens with zero attached hydrogens (tertiary/aromatic N) is 1. The van der Waals surface area contributed by atoms with E-state index in [1.807, 2.05) is 12.1 Å². The van der Waals surface area contributed by atoms with Crippen molar-refractivity contribution in [2.45, 2.75) is 25.2 Å². The standard InChI is InChI=1S/C15H19ClN2O2/c1-17-15(19)13-6-12-8-18(9-14(13)20-12)7-10-2-4-11(16)5-3-10/h2-5,12-14H,6-9H2,1H3,(H,17,19)/t12-,13+,14-/m0/s1. The molecule has 1 aromatic carbocycles. The maximum absolute atomic E-state index is 11.8. The number of rotatable bonds is 3. The van der Waals surface area contributed by atoms with E-state index in [1.54, 1.807) is 7.05 Å². The third-order valence-electron chi connectivity index (χ3n) is 4.14. The molecule has 1 N–H and O–H groups in total. The van der Waals surface area contributed by atoms with Crippen LogP contribution in [0.25, 0.3) is 0 Å². The van der Waals surface area contributed by atoms with Gasteiger partial charge < -0.3 is 10.1 Å². The Labute approximate surface area is 124 Å². The zero-order chi connectivity index (χ0) is 14.1. The smallest absolute Gasteiger partial charge is 0.225 e. The van der Waals surface area contributed by atoms with Crippen LogP contribution in [0.5, 0.6) is 0 Å². The molecular formula is C15H19ClN2O2. The minimum absolute atomic E-state index is 0.000202. The summed E-state index contributed by atoms with van der Waals surface area (Å²) in [6, 6.07) is 7.93. The number of benzene rings is 1. The summed E-state index contributed by atoms with van der Waals surface area (Å²) in [5, 5.41) is 3.50. The zero-order valence-electron chi connectivity index (χ0n) is 11.5. The lowest BCUT2D eigenvalue weighted by atomic mass is 10.00. The minimum atomic E-state index is 0.000202. The molecule has 0 aliphatic carbocycles. The Bertz CT molecular complexity index is 491. The van der Waals surface area contributed by atoms with Crippen LogP contribution in [0.2, 0.25) is 5.02 Å². The second-order valence-corrected chi connectivity index (χ2v) is 6.01. The molecule has 4 nitrogen and oxygen atoms in total. The number of nitrogens with one attached hydrogen (secondary N) is 1. The highest BCUT2D eigenvalue weighted by Gasteiger charge is 2.44. The van der Waals surface area contributed by atoms with Gasteiger partial charge in [-0.25, -0.2) is 0 Å². The summed E-state index contributed by atoms with van der Waals surface area (Å²) in [5.74, 6) is 0.103. The maximum Gasteiger partial charge on any atom is 0.225 e. The van der Waals surface area contributed by atoms with Crippen LogP contribution in [-0.2, 0) is 16.1 Å². The van der Waals surface area contributed by atoms with Gasteiger partial charge in [-0.2, -0.15) is 0 Å². The van der Waals surface area contributed by atoms with E-state index in [-0.39, 0.29) is 24.0 Å². The first-order valence-electron chi connectivity index (χ1n) is 6.99. The Kier molecular flexibility index (Phi) is 3.96. The fourth-order valence-electron chi connectivity index (χ4n) is 3.18. The molecule has 3 rings (SSSR count). The number of carbonyl (C=O) groups excluding carboxylic acids is 1. The van der Waals surface area contributed by atoms with Crippen molar-refractivity contribution in [1.82, 2.24) is 10.2 Å². The molecule has 2 fully saturated rings. The van der Waals surface area contributed by atoms with Gasteiger partial charge in [-0.05, 0) is 24.1 Å². The normalized spacial score (nSPS) is 29.4. The number of morpholine rings is 1. The quantitative estimate of drug-likeness (QED) is 0.922. The highest BCUT2D eigenvalue weighted by Crippen LogP contribution is 2.32. The average Bonchev–Trinajstić information content (AvgIpc) is 2.75. The van der Waals surface area contributed by atoms with Crippen LogP contribution in [0.3, 0.4) is 0 Å². The van der Waals surface area contributed by atoms with Gasteiger partial charge in [0, 0.05) is 31.7 Å². The molecule has 0 radical (unpaired) electrons. The van der Waals surface area contributed by atoms with Crippen molar-refractivity contribution in [1.29, 1.82) is 0 Å². The number of likely N-dealkylation sites (tertiary alicyclic amines) is 1. The third-order valence-corrected chi connectivity index (χ3v) is 4.39. The monoisotopic (exact) mass is 294 g/mol. The molecule has 108 valence electrons. The van der Waals surface area contributed by atoms with E-state index in [2.05, 4.69) is 22.3 Å². The van der Waals surface area contributed by atoms with E-state index < -0.39 is 0 Å². The van der Waals surface area contributed by atoms with Crippen LogP contribution >= 0.6 is 11.6 Å². The first-order chi connectivity index (χ1) is 9.65. The summed E-state index contributed by atoms with van der Waals surface area (Å²) in [5.41, 5.74) is 1.24. The molecule has 0 spiro atoms. The predicted octanol–water partition coefficient (Wildman–Crippen LogP) is 1.68. The second kappa shape index (κ2) is 5.72. The Balaban J connectivity index is 1.64. The van der Waals surface area contributed by atoms with Crippen LogP contribution in [-0.4, -0.2) is 43.2 Å². The number of carbonyl (C=O) groups is 1. The number of amides is 1. The summed E-state index contributed by atoms with van der Waals surface area (Å²) in [6.07, 6.45) is 1.05. The molecule has 2 bridgehead atoms. The van der Waals surface area contributed by atoms with Crippen molar-refractivity contribution >= 4 is 17.5 Å². The van der Waals surface area contributed by atoms with Gasteiger partial charge in [-0.15, -0.1) is 0 Å². The third kappa shape index (κ3) is 2.82. The summed E-state index contributed by atoms with van der Waals surface area (Å²) < 4.78 is 5.90. The molecule has 2 aliphatic rings. The lowest BCUT2D eigenvalue weighted by molar-refractivity contribution is -0.127. The molecule has 0 saturated carbocycles. The van der Waals surface area contributed by atoms with E-state index in [0.29, 0.717) is 0 Å². The van der Waals surface area contributed by atoms with Crippen molar-refractivity contribution in [2.75, 3.05) is 20.1 Å². The van der Waals surface area contributed by atoms with Gasteiger partial charge >= 0.3 is 0 Å². The number of hydrogen-bond donors (Lipinski definition) is 1. The molecule has 0 aromatic heterocycles. The van der Waals surface area contributed by atoms with E-state index in [0.717, 1.165) is 31.1 Å². The molecule has 1 aromatic rings. The molecule has 5 heteroatoms. The zero-order valence-corrected chi connectivity index (χ0v) is 12.3. The molecule has 1 amide bonds. The van der Waals surface area contributed by atoms with Crippen LogP contribution in [0.4, 0.5) is 0 Å². The van der Waals surface area contributed by atoms with Crippen molar-refractivity contribution in [3.63, 3.8) is 0 Å². The lowest BCUT2D eigenvalue weighted by Crippen LogP contribution is -2.44. The van der Waals surface area contributed by atoms with Crippen molar-refractivity contribution < 1.29 is 9.53 Å². The fourth-order valence-corrected chi connectivity index (χ4v) is 3.30. The highest BCUT2D eigenvalue weighted by molar-refractivity contribution is 6.30. The van der Waals surface area contributed by atoms with Crippen molar-refractivity contribution in [3.8, 4) is 0 Å². The summed E-state index contributed by atoms with van der Waals surface area (Å²) in [7, 11) is 1.69. The second-order valence-electron chi connectivity index (χ2n) is 5.57. The van der Waals surface area contributed by atoms with E-state index in [1.165, 1.54) is 5.56 Å². The molecular weight excluding hydrogens is 276 g/mol. The Morgan fingerprint density at radius 3 is 2.85 bits per heavy atom. The molecule has 20 heavy (non-hydrogen) atoms. The lowest BCUT2D eigenvalue weighted by Gasteiger charge is -2.32. The van der Waals surface area contributed by atoms with Gasteiger partial charge in [0.1, 0.15) is 0 Å². The SMILES string of the molecule is CNC(=O)[C@@H]1C[C@H]2CN(Cc3ccc(Cl)cc3)C[C@@H]1O2. The van der Waals surface area contributed by atoms with Gasteiger partial charge in [0.2, 0.25) is 5.91 Å². The number of ether oxygens (including phenoxy) is 1. The Morgan fingerprint density at radius 2 is 2.15 bits per heavy atom. The molecule has 2 saturated heterocycles. The average molecular weight is 295 g/mol. The summed E-state index contributed by atoms with van der Waals surface area (Å²) >= 11 is 5.90. The molecule has 2 aliphatic heterocycles. The maximum atomic E-state index is 11.8. The summed E-state index contributed by atoms with van der Waals surface area (Å²) in [4.78, 5) is 14.2. The van der Waals surface area contributed by atoms with Crippen LogP contribution in [0.1, 0.15) is 12.0 Å². The Hall–Kier alpha value is -1.10.